The molecule has 0 saturated heterocycles. The molecule has 0 heteroatoms. The first kappa shape index (κ1) is 11.2. The number of aryl methyl sites for hydroxylation is 2. The van der Waals surface area contributed by atoms with Crippen molar-refractivity contribution < 1.29 is 0 Å². The quantitative estimate of drug-likeness (QED) is 0.593. The third kappa shape index (κ3) is 1.84. The maximum atomic E-state index is 2.27. The van der Waals surface area contributed by atoms with Gasteiger partial charge in [-0.1, -0.05) is 51.1 Å². The van der Waals surface area contributed by atoms with Gasteiger partial charge < -0.3 is 0 Å². The van der Waals surface area contributed by atoms with Crippen LogP contribution in [-0.2, 0) is 5.41 Å². The van der Waals surface area contributed by atoms with Crippen molar-refractivity contribution in [2.75, 3.05) is 0 Å². The maximum Gasteiger partial charge on any atom is -0.0132 e. The van der Waals surface area contributed by atoms with Crippen LogP contribution >= 0.6 is 0 Å². The van der Waals surface area contributed by atoms with Crippen molar-refractivity contribution in [3.05, 3.63) is 47.0 Å². The van der Waals surface area contributed by atoms with Crippen LogP contribution in [0.5, 0.6) is 0 Å². The Kier molecular flexibility index (Phi) is 2.53. The van der Waals surface area contributed by atoms with Gasteiger partial charge in [0, 0.05) is 0 Å². The topological polar surface area (TPSA) is 0 Å². The summed E-state index contributed by atoms with van der Waals surface area (Å²) in [7, 11) is 0. The molecule has 0 amide bonds. The molecule has 0 aromatic carbocycles. The first-order chi connectivity index (χ1) is 7.39. The molecule has 0 saturated carbocycles. The zero-order valence-electron chi connectivity index (χ0n) is 10.9. The van der Waals surface area contributed by atoms with E-state index < -0.39 is 0 Å². The summed E-state index contributed by atoms with van der Waals surface area (Å²) in [4.78, 5) is 0. The second-order valence-electron chi connectivity index (χ2n) is 5.71. The summed E-state index contributed by atoms with van der Waals surface area (Å²) < 4.78 is 0. The van der Waals surface area contributed by atoms with Gasteiger partial charge in [0.2, 0.25) is 0 Å². The van der Waals surface area contributed by atoms with Crippen LogP contribution in [0.15, 0.2) is 30.3 Å². The lowest BCUT2D eigenvalue weighted by Gasteiger charge is -2.17. The molecule has 16 heavy (non-hydrogen) atoms. The molecule has 2 rings (SSSR count). The van der Waals surface area contributed by atoms with Crippen molar-refractivity contribution in [1.29, 1.82) is 0 Å². The van der Waals surface area contributed by atoms with E-state index in [9.17, 15) is 0 Å². The molecule has 0 radical (unpaired) electrons. The summed E-state index contributed by atoms with van der Waals surface area (Å²) in [6, 6.07) is 11.3. The Morgan fingerprint density at radius 3 is 1.56 bits per heavy atom. The van der Waals surface area contributed by atoms with Crippen LogP contribution in [0.25, 0.3) is 11.1 Å². The van der Waals surface area contributed by atoms with E-state index in [-0.39, 0.29) is 5.41 Å². The summed E-state index contributed by atoms with van der Waals surface area (Å²) >= 11 is 0. The Morgan fingerprint density at radius 1 is 0.750 bits per heavy atom. The number of hydrogen-bond acceptors (Lipinski definition) is 0. The summed E-state index contributed by atoms with van der Waals surface area (Å²) in [5.41, 5.74) is 7.13. The lowest BCUT2D eigenvalue weighted by Crippen LogP contribution is -2.09. The lowest BCUT2D eigenvalue weighted by atomic mass is 9.88. The van der Waals surface area contributed by atoms with Gasteiger partial charge in [0.15, 0.2) is 0 Å². The fourth-order valence-electron chi connectivity index (χ4n) is 2.25. The molecule has 0 heterocycles. The van der Waals surface area contributed by atoms with Crippen molar-refractivity contribution in [3.8, 4) is 11.1 Å². The molecule has 0 spiro atoms. The van der Waals surface area contributed by atoms with Crippen LogP contribution in [0, 0.1) is 13.8 Å². The van der Waals surface area contributed by atoms with Gasteiger partial charge in [-0.25, -0.2) is 0 Å². The molecule has 0 bridgehead atoms. The summed E-state index contributed by atoms with van der Waals surface area (Å²) in [5.74, 6) is 0. The van der Waals surface area contributed by atoms with Crippen LogP contribution in [0.4, 0.5) is 0 Å². The molecule has 84 valence electrons. The van der Waals surface area contributed by atoms with E-state index >= 15 is 0 Å². The highest BCUT2D eigenvalue weighted by molar-refractivity contribution is 5.74. The summed E-state index contributed by atoms with van der Waals surface area (Å²) in [5, 5.41) is 0. The fourth-order valence-corrected chi connectivity index (χ4v) is 2.25. The smallest absolute Gasteiger partial charge is 0.0132 e. The monoisotopic (exact) mass is 212 g/mol. The molecular weight excluding hydrogens is 192 g/mol. The molecule has 2 aliphatic carbocycles. The van der Waals surface area contributed by atoms with E-state index in [1.165, 1.54) is 27.8 Å². The van der Waals surface area contributed by atoms with Crippen LogP contribution < -0.4 is 0 Å². The molecule has 0 atom stereocenters. The molecule has 0 nitrogen and oxygen atoms in total. The number of fused-ring (bicyclic) bond motifs is 1. The minimum absolute atomic E-state index is 0.221. The molecule has 0 aromatic heterocycles. The Morgan fingerprint density at radius 2 is 1.19 bits per heavy atom. The average molecular weight is 212 g/mol. The van der Waals surface area contributed by atoms with Crippen LogP contribution in [-0.4, -0.2) is 0 Å². The molecular formula is C16H20. The third-order valence-electron chi connectivity index (χ3n) is 3.30. The van der Waals surface area contributed by atoms with Gasteiger partial charge >= 0.3 is 0 Å². The molecule has 0 aliphatic heterocycles. The standard InChI is InChI=1S/C16H20/c1-11-10-12(2)15-9-7-13(16(3,4)5)6-8-14(11)15/h6-10H,1-5H3. The second kappa shape index (κ2) is 3.62. The van der Waals surface area contributed by atoms with Crippen molar-refractivity contribution in [2.45, 2.75) is 40.0 Å². The van der Waals surface area contributed by atoms with E-state index in [4.69, 9.17) is 0 Å². The van der Waals surface area contributed by atoms with E-state index in [2.05, 4.69) is 65.0 Å². The minimum atomic E-state index is 0.221. The minimum Gasteiger partial charge on any atom is -0.0579 e. The zero-order valence-corrected chi connectivity index (χ0v) is 10.9. The number of hydrogen-bond donors (Lipinski definition) is 0. The van der Waals surface area contributed by atoms with Gasteiger partial charge in [-0.2, -0.15) is 0 Å². The second-order valence-corrected chi connectivity index (χ2v) is 5.71. The molecule has 0 fully saturated rings. The molecule has 2 aliphatic rings. The van der Waals surface area contributed by atoms with E-state index in [0.29, 0.717) is 0 Å². The van der Waals surface area contributed by atoms with Gasteiger partial charge in [-0.3, -0.25) is 0 Å². The van der Waals surface area contributed by atoms with Crippen molar-refractivity contribution >= 4 is 0 Å². The molecule has 0 aromatic rings. The first-order valence-corrected chi connectivity index (χ1v) is 5.90. The Labute approximate surface area is 98.7 Å². The lowest BCUT2D eigenvalue weighted by molar-refractivity contribution is 0.591. The Bertz CT molecular complexity index is 450. The predicted molar refractivity (Wildman–Crippen MR) is 71.2 cm³/mol. The Balaban J connectivity index is 2.66. The highest BCUT2D eigenvalue weighted by Gasteiger charge is 2.14. The fraction of sp³-hybridized carbons (Fsp3) is 0.375. The highest BCUT2D eigenvalue weighted by Crippen LogP contribution is 2.32. The predicted octanol–water partition coefficient (Wildman–Crippen LogP) is 4.71. The van der Waals surface area contributed by atoms with E-state index in [1.807, 2.05) is 0 Å². The van der Waals surface area contributed by atoms with E-state index in [0.717, 1.165) is 0 Å². The largest absolute Gasteiger partial charge is 0.0579 e. The highest BCUT2D eigenvalue weighted by atomic mass is 14.2. The normalized spacial score (nSPS) is 12.1. The SMILES string of the molecule is Cc1cc(C)c2ccc(C(C)(C)C)ccc1-2. The summed E-state index contributed by atoms with van der Waals surface area (Å²) in [6.45, 7) is 11.1. The van der Waals surface area contributed by atoms with Gasteiger partial charge in [-0.05, 0) is 47.1 Å². The average Bonchev–Trinajstić information content (AvgIpc) is 2.39. The first-order valence-electron chi connectivity index (χ1n) is 5.90. The molecule has 0 unspecified atom stereocenters. The van der Waals surface area contributed by atoms with Crippen LogP contribution in [0.1, 0.15) is 37.5 Å². The van der Waals surface area contributed by atoms with Gasteiger partial charge in [0.1, 0.15) is 0 Å². The third-order valence-corrected chi connectivity index (χ3v) is 3.30. The van der Waals surface area contributed by atoms with Crippen molar-refractivity contribution in [1.82, 2.24) is 0 Å². The van der Waals surface area contributed by atoms with Crippen molar-refractivity contribution in [3.63, 3.8) is 0 Å². The summed E-state index contributed by atoms with van der Waals surface area (Å²) in [6.07, 6.45) is 0. The molecule has 0 N–H and O–H groups in total. The van der Waals surface area contributed by atoms with Crippen LogP contribution in [0.3, 0.4) is 0 Å². The number of rotatable bonds is 0. The Hall–Kier alpha value is -1.30. The van der Waals surface area contributed by atoms with E-state index in [1.54, 1.807) is 0 Å². The maximum absolute atomic E-state index is 2.27. The van der Waals surface area contributed by atoms with Crippen molar-refractivity contribution in [2.24, 2.45) is 0 Å². The van der Waals surface area contributed by atoms with Crippen LogP contribution in [0.2, 0.25) is 0 Å². The van der Waals surface area contributed by atoms with Gasteiger partial charge in [0.25, 0.3) is 0 Å². The zero-order chi connectivity index (χ0) is 11.9. The van der Waals surface area contributed by atoms with Gasteiger partial charge in [-0.15, -0.1) is 0 Å². The van der Waals surface area contributed by atoms with Gasteiger partial charge in [0.05, 0.1) is 0 Å².